The van der Waals surface area contributed by atoms with E-state index in [1.165, 1.54) is 27.5 Å². The van der Waals surface area contributed by atoms with Gasteiger partial charge < -0.3 is 18.9 Å². The Balaban J connectivity index is 2.13. The molecular weight excluding hydrogens is 324 g/mol. The SMILES string of the molecule is COc1ccc(/C=N\NC(=O)c2cc(OC)c(OC)c(OC)c2)cc1. The third kappa shape index (κ3) is 4.41. The van der Waals surface area contributed by atoms with Gasteiger partial charge in [0.05, 0.1) is 34.7 Å². The third-order valence-corrected chi connectivity index (χ3v) is 3.42. The Labute approximate surface area is 146 Å². The van der Waals surface area contributed by atoms with E-state index in [4.69, 9.17) is 18.9 Å². The zero-order valence-electron chi connectivity index (χ0n) is 14.5. The van der Waals surface area contributed by atoms with Gasteiger partial charge in [0.15, 0.2) is 11.5 Å². The first kappa shape index (κ1) is 18.1. The summed E-state index contributed by atoms with van der Waals surface area (Å²) in [5.74, 6) is 1.56. The monoisotopic (exact) mass is 344 g/mol. The lowest BCUT2D eigenvalue weighted by Crippen LogP contribution is -2.18. The van der Waals surface area contributed by atoms with E-state index in [2.05, 4.69) is 10.5 Å². The molecule has 0 aliphatic carbocycles. The van der Waals surface area contributed by atoms with Crippen LogP contribution in [0.4, 0.5) is 0 Å². The second kappa shape index (κ2) is 8.58. The van der Waals surface area contributed by atoms with Crippen LogP contribution in [0.3, 0.4) is 0 Å². The number of carbonyl (C=O) groups is 1. The van der Waals surface area contributed by atoms with Gasteiger partial charge in [0.2, 0.25) is 5.75 Å². The van der Waals surface area contributed by atoms with Crippen molar-refractivity contribution in [3.05, 3.63) is 47.5 Å². The number of methoxy groups -OCH3 is 4. The molecule has 0 saturated heterocycles. The minimum Gasteiger partial charge on any atom is -0.497 e. The summed E-state index contributed by atoms with van der Waals surface area (Å²) >= 11 is 0. The largest absolute Gasteiger partial charge is 0.497 e. The Hall–Kier alpha value is -3.22. The lowest BCUT2D eigenvalue weighted by atomic mass is 10.1. The summed E-state index contributed by atoms with van der Waals surface area (Å²) in [6.07, 6.45) is 1.54. The number of ether oxygens (including phenoxy) is 4. The second-order valence-electron chi connectivity index (χ2n) is 4.89. The maximum atomic E-state index is 12.3. The predicted octanol–water partition coefficient (Wildman–Crippen LogP) is 2.48. The molecule has 0 aliphatic rings. The van der Waals surface area contributed by atoms with Crippen molar-refractivity contribution in [3.63, 3.8) is 0 Å². The molecule has 25 heavy (non-hydrogen) atoms. The number of hydrogen-bond donors (Lipinski definition) is 1. The number of amides is 1. The normalized spacial score (nSPS) is 10.4. The molecule has 0 unspecified atom stereocenters. The molecule has 0 aliphatic heterocycles. The Morgan fingerprint density at radius 3 is 2.00 bits per heavy atom. The molecule has 1 N–H and O–H groups in total. The molecule has 0 saturated carbocycles. The zero-order chi connectivity index (χ0) is 18.2. The fourth-order valence-corrected chi connectivity index (χ4v) is 2.13. The van der Waals surface area contributed by atoms with E-state index in [0.29, 0.717) is 22.8 Å². The van der Waals surface area contributed by atoms with Gasteiger partial charge in [-0.2, -0.15) is 5.10 Å². The van der Waals surface area contributed by atoms with Crippen molar-refractivity contribution in [2.75, 3.05) is 28.4 Å². The van der Waals surface area contributed by atoms with Crippen molar-refractivity contribution >= 4 is 12.1 Å². The average molecular weight is 344 g/mol. The molecule has 0 spiro atoms. The molecule has 2 aromatic carbocycles. The Morgan fingerprint density at radius 1 is 0.920 bits per heavy atom. The van der Waals surface area contributed by atoms with Crippen molar-refractivity contribution in [3.8, 4) is 23.0 Å². The standard InChI is InChI=1S/C18H20N2O5/c1-22-14-7-5-12(6-8-14)11-19-20-18(21)13-9-15(23-2)17(25-4)16(10-13)24-3/h5-11H,1-4H3,(H,20,21)/b19-11-. The highest BCUT2D eigenvalue weighted by atomic mass is 16.5. The summed E-state index contributed by atoms with van der Waals surface area (Å²) in [6.45, 7) is 0. The second-order valence-corrected chi connectivity index (χ2v) is 4.89. The van der Waals surface area contributed by atoms with Crippen LogP contribution in [0.15, 0.2) is 41.5 Å². The molecule has 0 radical (unpaired) electrons. The van der Waals surface area contributed by atoms with E-state index in [0.717, 1.165) is 11.3 Å². The van der Waals surface area contributed by atoms with Crippen molar-refractivity contribution in [2.45, 2.75) is 0 Å². The molecular formula is C18H20N2O5. The lowest BCUT2D eigenvalue weighted by molar-refractivity contribution is 0.0954. The zero-order valence-corrected chi connectivity index (χ0v) is 14.5. The molecule has 0 bridgehead atoms. The summed E-state index contributed by atoms with van der Waals surface area (Å²) in [5.41, 5.74) is 3.62. The Morgan fingerprint density at radius 2 is 1.52 bits per heavy atom. The van der Waals surface area contributed by atoms with Crippen molar-refractivity contribution in [1.82, 2.24) is 5.43 Å². The van der Waals surface area contributed by atoms with Crippen LogP contribution in [0.2, 0.25) is 0 Å². The lowest BCUT2D eigenvalue weighted by Gasteiger charge is -2.13. The van der Waals surface area contributed by atoms with Crippen LogP contribution in [-0.2, 0) is 0 Å². The van der Waals surface area contributed by atoms with Gasteiger partial charge in [0.1, 0.15) is 5.75 Å². The average Bonchev–Trinajstić information content (AvgIpc) is 2.67. The maximum Gasteiger partial charge on any atom is 0.271 e. The number of benzene rings is 2. The molecule has 0 fully saturated rings. The van der Waals surface area contributed by atoms with E-state index < -0.39 is 5.91 Å². The smallest absolute Gasteiger partial charge is 0.271 e. The minimum absolute atomic E-state index is 0.335. The van der Waals surface area contributed by atoms with Gasteiger partial charge in [0.25, 0.3) is 5.91 Å². The summed E-state index contributed by atoms with van der Waals surface area (Å²) in [7, 11) is 6.07. The molecule has 0 heterocycles. The van der Waals surface area contributed by atoms with Crippen LogP contribution in [0.25, 0.3) is 0 Å². The number of rotatable bonds is 7. The van der Waals surface area contributed by atoms with Gasteiger partial charge in [-0.15, -0.1) is 0 Å². The van der Waals surface area contributed by atoms with Crippen LogP contribution < -0.4 is 24.4 Å². The van der Waals surface area contributed by atoms with E-state index in [1.54, 1.807) is 19.2 Å². The third-order valence-electron chi connectivity index (χ3n) is 3.42. The van der Waals surface area contributed by atoms with E-state index in [1.807, 2.05) is 24.3 Å². The first-order valence-electron chi connectivity index (χ1n) is 7.40. The van der Waals surface area contributed by atoms with Crippen LogP contribution in [0, 0.1) is 0 Å². The van der Waals surface area contributed by atoms with Crippen LogP contribution in [-0.4, -0.2) is 40.6 Å². The number of hydrogen-bond acceptors (Lipinski definition) is 6. The Bertz CT molecular complexity index is 732. The molecule has 0 atom stereocenters. The van der Waals surface area contributed by atoms with Gasteiger partial charge >= 0.3 is 0 Å². The van der Waals surface area contributed by atoms with Gasteiger partial charge in [-0.05, 0) is 42.0 Å². The highest BCUT2D eigenvalue weighted by Gasteiger charge is 2.16. The molecule has 7 nitrogen and oxygen atoms in total. The van der Waals surface area contributed by atoms with E-state index >= 15 is 0 Å². The van der Waals surface area contributed by atoms with Crippen LogP contribution in [0.1, 0.15) is 15.9 Å². The first-order valence-corrected chi connectivity index (χ1v) is 7.40. The summed E-state index contributed by atoms with van der Waals surface area (Å²) in [4.78, 5) is 12.3. The van der Waals surface area contributed by atoms with Gasteiger partial charge in [0, 0.05) is 5.56 Å². The first-order chi connectivity index (χ1) is 12.1. The summed E-state index contributed by atoms with van der Waals surface area (Å²) < 4.78 is 20.8. The number of hydrazone groups is 1. The van der Waals surface area contributed by atoms with Crippen molar-refractivity contribution in [1.29, 1.82) is 0 Å². The number of carbonyl (C=O) groups excluding carboxylic acids is 1. The molecule has 2 aromatic rings. The fraction of sp³-hybridized carbons (Fsp3) is 0.222. The molecule has 7 heteroatoms. The van der Waals surface area contributed by atoms with Crippen molar-refractivity contribution in [2.24, 2.45) is 5.10 Å². The Kier molecular flexibility index (Phi) is 6.22. The highest BCUT2D eigenvalue weighted by Crippen LogP contribution is 2.38. The van der Waals surface area contributed by atoms with Gasteiger partial charge in [-0.1, -0.05) is 0 Å². The minimum atomic E-state index is -0.399. The van der Waals surface area contributed by atoms with Gasteiger partial charge in [-0.25, -0.2) is 5.43 Å². The quantitative estimate of drug-likeness (QED) is 0.617. The van der Waals surface area contributed by atoms with Crippen LogP contribution in [0.5, 0.6) is 23.0 Å². The van der Waals surface area contributed by atoms with Gasteiger partial charge in [-0.3, -0.25) is 4.79 Å². The fourth-order valence-electron chi connectivity index (χ4n) is 2.13. The predicted molar refractivity (Wildman–Crippen MR) is 94.2 cm³/mol. The molecule has 0 aromatic heterocycles. The molecule has 132 valence electrons. The highest BCUT2D eigenvalue weighted by molar-refractivity contribution is 5.96. The van der Waals surface area contributed by atoms with Crippen molar-refractivity contribution < 1.29 is 23.7 Å². The summed E-state index contributed by atoms with van der Waals surface area (Å²) in [5, 5.41) is 3.95. The molecule has 2 rings (SSSR count). The molecule has 1 amide bonds. The van der Waals surface area contributed by atoms with E-state index in [-0.39, 0.29) is 0 Å². The summed E-state index contributed by atoms with van der Waals surface area (Å²) in [6, 6.07) is 10.4. The topological polar surface area (TPSA) is 78.4 Å². The maximum absolute atomic E-state index is 12.3. The number of nitrogens with one attached hydrogen (secondary N) is 1. The number of nitrogens with zero attached hydrogens (tertiary/aromatic N) is 1. The van der Waals surface area contributed by atoms with E-state index in [9.17, 15) is 4.79 Å². The van der Waals surface area contributed by atoms with Crippen LogP contribution >= 0.6 is 0 Å².